The summed E-state index contributed by atoms with van der Waals surface area (Å²) >= 11 is 0. The third-order valence-electron chi connectivity index (χ3n) is 2.79. The van der Waals surface area contributed by atoms with Crippen molar-refractivity contribution in [2.75, 3.05) is 36.5 Å². The molecule has 2 heterocycles. The second-order valence-electron chi connectivity index (χ2n) is 4.28. The van der Waals surface area contributed by atoms with Crippen LogP contribution in [0.5, 0.6) is 0 Å². The lowest BCUT2D eigenvalue weighted by atomic mass is 10.3. The molecule has 0 radical (unpaired) electrons. The van der Waals surface area contributed by atoms with Gasteiger partial charge in [-0.2, -0.15) is 0 Å². The van der Waals surface area contributed by atoms with Gasteiger partial charge < -0.3 is 20.7 Å². The Morgan fingerprint density at radius 1 is 1.40 bits per heavy atom. The maximum Gasteiger partial charge on any atom is 0.242 e. The molecule has 0 bridgehead atoms. The fraction of sp³-hybridized carbons (Fsp3) is 0.500. The Bertz CT molecular complexity index is 408. The summed E-state index contributed by atoms with van der Waals surface area (Å²) in [4.78, 5) is 17.8. The Labute approximate surface area is 130 Å². The van der Waals surface area contributed by atoms with Crippen LogP contribution in [0.1, 0.15) is 6.92 Å². The molecule has 1 atom stereocenters. The van der Waals surface area contributed by atoms with Gasteiger partial charge in [0.05, 0.1) is 31.1 Å². The van der Waals surface area contributed by atoms with Crippen LogP contribution < -0.4 is 16.0 Å². The summed E-state index contributed by atoms with van der Waals surface area (Å²) in [5.74, 6) is 0.288. The highest BCUT2D eigenvalue weighted by Crippen LogP contribution is 2.16. The summed E-state index contributed by atoms with van der Waals surface area (Å²) in [6.45, 7) is 4.85. The minimum absolute atomic E-state index is 0. The number of halogens is 2. The number of anilines is 2. The Kier molecular flexibility index (Phi) is 8.48. The van der Waals surface area contributed by atoms with Crippen LogP contribution in [-0.4, -0.2) is 43.2 Å². The van der Waals surface area contributed by atoms with E-state index in [0.29, 0.717) is 5.82 Å². The first kappa shape index (κ1) is 18.9. The normalized spacial score (nSPS) is 15.6. The zero-order valence-electron chi connectivity index (χ0n) is 11.2. The molecule has 1 amide bonds. The average Bonchev–Trinajstić information content (AvgIpc) is 2.40. The average molecular weight is 323 g/mol. The van der Waals surface area contributed by atoms with Crippen LogP contribution in [0.2, 0.25) is 0 Å². The number of aromatic nitrogens is 1. The molecule has 1 saturated heterocycles. The van der Waals surface area contributed by atoms with Crippen molar-refractivity contribution in [2.24, 2.45) is 5.73 Å². The Hall–Kier alpha value is -1.08. The highest BCUT2D eigenvalue weighted by Gasteiger charge is 2.12. The molecule has 3 N–H and O–H groups in total. The summed E-state index contributed by atoms with van der Waals surface area (Å²) in [5, 5.41) is 2.65. The quantitative estimate of drug-likeness (QED) is 0.869. The largest absolute Gasteiger partial charge is 0.378 e. The maximum atomic E-state index is 11.4. The number of morpholine rings is 1. The van der Waals surface area contributed by atoms with Crippen molar-refractivity contribution >= 4 is 42.2 Å². The van der Waals surface area contributed by atoms with Crippen LogP contribution in [0.4, 0.5) is 11.5 Å². The van der Waals surface area contributed by atoms with E-state index in [1.807, 2.05) is 6.07 Å². The van der Waals surface area contributed by atoms with Crippen LogP contribution in [0.3, 0.4) is 0 Å². The van der Waals surface area contributed by atoms with E-state index in [0.717, 1.165) is 32.0 Å². The number of nitrogens with one attached hydrogen (secondary N) is 1. The van der Waals surface area contributed by atoms with Crippen molar-refractivity contribution in [3.8, 4) is 0 Å². The van der Waals surface area contributed by atoms with Crippen LogP contribution in [0.25, 0.3) is 0 Å². The molecular weight excluding hydrogens is 303 g/mol. The van der Waals surface area contributed by atoms with E-state index in [1.54, 1.807) is 19.2 Å². The molecule has 1 aliphatic heterocycles. The lowest BCUT2D eigenvalue weighted by molar-refractivity contribution is -0.117. The predicted octanol–water partition coefficient (Wildman–Crippen LogP) is 1.05. The third-order valence-corrected chi connectivity index (χ3v) is 2.79. The van der Waals surface area contributed by atoms with E-state index in [9.17, 15) is 4.79 Å². The molecule has 0 aromatic carbocycles. The first-order valence-corrected chi connectivity index (χ1v) is 6.02. The van der Waals surface area contributed by atoms with Crippen molar-refractivity contribution in [2.45, 2.75) is 13.0 Å². The number of rotatable bonds is 3. The summed E-state index contributed by atoms with van der Waals surface area (Å²) in [6, 6.07) is 3.19. The lowest BCUT2D eigenvalue weighted by Crippen LogP contribution is -2.36. The zero-order chi connectivity index (χ0) is 13.0. The molecule has 114 valence electrons. The minimum atomic E-state index is -0.536. The minimum Gasteiger partial charge on any atom is -0.378 e. The Morgan fingerprint density at radius 3 is 2.55 bits per heavy atom. The molecule has 0 spiro atoms. The van der Waals surface area contributed by atoms with E-state index in [4.69, 9.17) is 10.5 Å². The number of hydrogen-bond donors (Lipinski definition) is 2. The van der Waals surface area contributed by atoms with Crippen LogP contribution in [-0.2, 0) is 9.53 Å². The van der Waals surface area contributed by atoms with Crippen molar-refractivity contribution in [3.63, 3.8) is 0 Å². The summed E-state index contributed by atoms with van der Waals surface area (Å²) in [5.41, 5.74) is 6.51. The van der Waals surface area contributed by atoms with Gasteiger partial charge >= 0.3 is 0 Å². The zero-order valence-corrected chi connectivity index (χ0v) is 12.9. The van der Waals surface area contributed by atoms with E-state index >= 15 is 0 Å². The first-order valence-electron chi connectivity index (χ1n) is 6.02. The molecule has 2 rings (SSSR count). The van der Waals surface area contributed by atoms with E-state index in [-0.39, 0.29) is 30.7 Å². The van der Waals surface area contributed by atoms with E-state index in [2.05, 4.69) is 15.2 Å². The standard InChI is InChI=1S/C12H18N4O2.2ClH/c1-9(13)12(17)15-11-3-2-10(8-14-11)16-4-6-18-7-5-16;;/h2-3,8-9H,4-7,13H2,1H3,(H,14,15,17);2*1H/t9-;;/m0../s1. The van der Waals surface area contributed by atoms with E-state index < -0.39 is 6.04 Å². The number of nitrogens with two attached hydrogens (primary N) is 1. The van der Waals surface area contributed by atoms with Crippen LogP contribution in [0, 0.1) is 0 Å². The van der Waals surface area contributed by atoms with Gasteiger partial charge in [-0.15, -0.1) is 24.8 Å². The van der Waals surface area contributed by atoms with Crippen molar-refractivity contribution in [1.29, 1.82) is 0 Å². The number of nitrogens with zero attached hydrogens (tertiary/aromatic N) is 2. The fourth-order valence-corrected chi connectivity index (χ4v) is 1.71. The first-order chi connectivity index (χ1) is 8.66. The van der Waals surface area contributed by atoms with Crippen molar-refractivity contribution < 1.29 is 9.53 Å². The molecular formula is C12H20Cl2N4O2. The summed E-state index contributed by atoms with van der Waals surface area (Å²) < 4.78 is 5.29. The predicted molar refractivity (Wildman–Crippen MR) is 84.0 cm³/mol. The third kappa shape index (κ3) is 5.13. The highest BCUT2D eigenvalue weighted by atomic mass is 35.5. The Morgan fingerprint density at radius 2 is 2.05 bits per heavy atom. The van der Waals surface area contributed by atoms with Gasteiger partial charge in [-0.1, -0.05) is 0 Å². The molecule has 1 fully saturated rings. The van der Waals surface area contributed by atoms with Gasteiger partial charge in [0.25, 0.3) is 0 Å². The number of ether oxygens (including phenoxy) is 1. The molecule has 0 unspecified atom stereocenters. The molecule has 0 saturated carbocycles. The van der Waals surface area contributed by atoms with Crippen LogP contribution in [0.15, 0.2) is 18.3 Å². The fourth-order valence-electron chi connectivity index (χ4n) is 1.71. The molecule has 20 heavy (non-hydrogen) atoms. The van der Waals surface area contributed by atoms with Gasteiger partial charge in [-0.3, -0.25) is 4.79 Å². The van der Waals surface area contributed by atoms with E-state index in [1.165, 1.54) is 0 Å². The lowest BCUT2D eigenvalue weighted by Gasteiger charge is -2.28. The molecule has 1 aromatic heterocycles. The van der Waals surface area contributed by atoms with Crippen molar-refractivity contribution in [1.82, 2.24) is 4.98 Å². The smallest absolute Gasteiger partial charge is 0.242 e. The van der Waals surface area contributed by atoms with Gasteiger partial charge in [0.1, 0.15) is 5.82 Å². The SMILES string of the molecule is C[C@H](N)C(=O)Nc1ccc(N2CCOCC2)cn1.Cl.Cl. The number of carbonyl (C=O) groups is 1. The summed E-state index contributed by atoms with van der Waals surface area (Å²) in [7, 11) is 0. The number of pyridine rings is 1. The van der Waals surface area contributed by atoms with Gasteiger partial charge in [0, 0.05) is 13.1 Å². The molecule has 8 heteroatoms. The molecule has 6 nitrogen and oxygen atoms in total. The van der Waals surface area contributed by atoms with Gasteiger partial charge in [0.15, 0.2) is 0 Å². The number of hydrogen-bond acceptors (Lipinski definition) is 5. The van der Waals surface area contributed by atoms with Gasteiger partial charge in [0.2, 0.25) is 5.91 Å². The summed E-state index contributed by atoms with van der Waals surface area (Å²) in [6.07, 6.45) is 1.75. The van der Waals surface area contributed by atoms with Crippen LogP contribution >= 0.6 is 24.8 Å². The monoisotopic (exact) mass is 322 g/mol. The van der Waals surface area contributed by atoms with Gasteiger partial charge in [-0.25, -0.2) is 4.98 Å². The molecule has 1 aromatic rings. The molecule has 0 aliphatic carbocycles. The second-order valence-corrected chi connectivity index (χ2v) is 4.28. The maximum absolute atomic E-state index is 11.4. The molecule has 1 aliphatic rings. The number of amides is 1. The Balaban J connectivity index is 0.00000180. The van der Waals surface area contributed by atoms with Gasteiger partial charge in [-0.05, 0) is 19.1 Å². The topological polar surface area (TPSA) is 80.5 Å². The number of carbonyl (C=O) groups excluding carboxylic acids is 1. The highest BCUT2D eigenvalue weighted by molar-refractivity contribution is 5.93. The van der Waals surface area contributed by atoms with Crippen molar-refractivity contribution in [3.05, 3.63) is 18.3 Å². The second kappa shape index (κ2) is 8.97.